The molecule has 2 nitrogen and oxygen atoms in total. The maximum atomic E-state index is 12.8. The van der Waals surface area contributed by atoms with Crippen molar-refractivity contribution < 1.29 is 22.4 Å². The molecule has 100 valence electrons. The second-order valence-electron chi connectivity index (χ2n) is 4.04. The van der Waals surface area contributed by atoms with E-state index in [-0.39, 0.29) is 24.3 Å². The summed E-state index contributed by atoms with van der Waals surface area (Å²) >= 11 is 0. The van der Waals surface area contributed by atoms with Gasteiger partial charge in [0.15, 0.2) is 5.78 Å². The fourth-order valence-corrected chi connectivity index (χ4v) is 1.48. The van der Waals surface area contributed by atoms with Crippen LogP contribution in [-0.4, -0.2) is 37.0 Å². The number of alkyl halides is 3. The van der Waals surface area contributed by atoms with Crippen molar-refractivity contribution >= 4 is 5.78 Å². The van der Waals surface area contributed by atoms with E-state index in [1.165, 1.54) is 25.2 Å². The summed E-state index contributed by atoms with van der Waals surface area (Å²) in [6.07, 6.45) is -4.35. The molecule has 0 saturated heterocycles. The Bertz CT molecular complexity index is 417. The zero-order chi connectivity index (χ0) is 13.8. The predicted octanol–water partition coefficient (Wildman–Crippen LogP) is 2.89. The van der Waals surface area contributed by atoms with Crippen LogP contribution in [0.4, 0.5) is 17.6 Å². The number of benzene rings is 1. The highest BCUT2D eigenvalue weighted by Gasteiger charge is 2.29. The van der Waals surface area contributed by atoms with Crippen LogP contribution in [0, 0.1) is 5.82 Å². The standard InChI is InChI=1S/C12H13F4NO/c1-17(8-12(14,15)16)6-5-11(18)9-3-2-4-10(13)7-9/h2-4,7H,5-6,8H2,1H3. The lowest BCUT2D eigenvalue weighted by atomic mass is 10.1. The Hall–Kier alpha value is -1.43. The maximum absolute atomic E-state index is 12.8. The van der Waals surface area contributed by atoms with Gasteiger partial charge in [0.05, 0.1) is 6.54 Å². The Morgan fingerprint density at radius 1 is 1.33 bits per heavy atom. The fourth-order valence-electron chi connectivity index (χ4n) is 1.48. The minimum absolute atomic E-state index is 0.0190. The van der Waals surface area contributed by atoms with Crippen LogP contribution in [0.5, 0.6) is 0 Å². The number of hydrogen-bond acceptors (Lipinski definition) is 2. The van der Waals surface area contributed by atoms with Crippen molar-refractivity contribution in [2.75, 3.05) is 20.1 Å². The molecule has 0 spiro atoms. The second kappa shape index (κ2) is 5.95. The smallest absolute Gasteiger partial charge is 0.298 e. The third kappa shape index (κ3) is 5.27. The lowest BCUT2D eigenvalue weighted by molar-refractivity contribution is -0.142. The Morgan fingerprint density at radius 3 is 2.56 bits per heavy atom. The van der Waals surface area contributed by atoms with Crippen LogP contribution < -0.4 is 0 Å². The van der Waals surface area contributed by atoms with Gasteiger partial charge >= 0.3 is 6.18 Å². The molecule has 1 aromatic rings. The molecule has 0 N–H and O–H groups in total. The summed E-state index contributed by atoms with van der Waals surface area (Å²) < 4.78 is 48.9. The highest BCUT2D eigenvalue weighted by molar-refractivity contribution is 5.96. The van der Waals surface area contributed by atoms with Crippen molar-refractivity contribution in [1.29, 1.82) is 0 Å². The van der Waals surface area contributed by atoms with E-state index in [0.717, 1.165) is 11.0 Å². The lowest BCUT2D eigenvalue weighted by Gasteiger charge is -2.17. The van der Waals surface area contributed by atoms with E-state index in [1.54, 1.807) is 0 Å². The fraction of sp³-hybridized carbons (Fsp3) is 0.417. The average Bonchev–Trinajstić information content (AvgIpc) is 2.23. The molecular formula is C12H13F4NO. The topological polar surface area (TPSA) is 20.3 Å². The molecule has 6 heteroatoms. The molecule has 0 aliphatic carbocycles. The molecule has 0 bridgehead atoms. The minimum Gasteiger partial charge on any atom is -0.298 e. The summed E-state index contributed by atoms with van der Waals surface area (Å²) in [4.78, 5) is 12.6. The molecule has 0 aliphatic heterocycles. The Morgan fingerprint density at radius 2 is 2.00 bits per heavy atom. The molecule has 18 heavy (non-hydrogen) atoms. The van der Waals surface area contributed by atoms with Gasteiger partial charge in [0.25, 0.3) is 0 Å². The Balaban J connectivity index is 2.47. The summed E-state index contributed by atoms with van der Waals surface area (Å²) in [6, 6.07) is 5.11. The van der Waals surface area contributed by atoms with Crippen LogP contribution in [0.15, 0.2) is 24.3 Å². The number of carbonyl (C=O) groups excluding carboxylic acids is 1. The van der Waals surface area contributed by atoms with Gasteiger partial charge in [0.2, 0.25) is 0 Å². The van der Waals surface area contributed by atoms with Crippen LogP contribution in [0.2, 0.25) is 0 Å². The predicted molar refractivity (Wildman–Crippen MR) is 58.9 cm³/mol. The molecule has 0 heterocycles. The van der Waals surface area contributed by atoms with E-state index in [9.17, 15) is 22.4 Å². The summed E-state index contributed by atoms with van der Waals surface area (Å²) in [5.41, 5.74) is 0.176. The first-order chi connectivity index (χ1) is 8.28. The third-order valence-electron chi connectivity index (χ3n) is 2.32. The Labute approximate surface area is 102 Å². The van der Waals surface area contributed by atoms with Crippen LogP contribution in [0.1, 0.15) is 16.8 Å². The van der Waals surface area contributed by atoms with Gasteiger partial charge in [-0.3, -0.25) is 9.69 Å². The number of rotatable bonds is 5. The number of carbonyl (C=O) groups is 1. The van der Waals surface area contributed by atoms with Crippen LogP contribution in [0.25, 0.3) is 0 Å². The van der Waals surface area contributed by atoms with E-state index < -0.39 is 18.5 Å². The Kier molecular flexibility index (Phi) is 4.84. The van der Waals surface area contributed by atoms with Crippen LogP contribution in [-0.2, 0) is 0 Å². The zero-order valence-corrected chi connectivity index (χ0v) is 9.80. The number of Topliss-reactive ketones (excluding diaryl/α,β-unsaturated/α-hetero) is 1. The number of nitrogens with zero attached hydrogens (tertiary/aromatic N) is 1. The molecule has 0 atom stereocenters. The molecule has 0 aliphatic rings. The molecular weight excluding hydrogens is 250 g/mol. The monoisotopic (exact) mass is 263 g/mol. The van der Waals surface area contributed by atoms with Crippen molar-refractivity contribution in [1.82, 2.24) is 4.90 Å². The second-order valence-corrected chi connectivity index (χ2v) is 4.04. The van der Waals surface area contributed by atoms with Gasteiger partial charge in [-0.1, -0.05) is 12.1 Å². The van der Waals surface area contributed by atoms with Crippen LogP contribution >= 0.6 is 0 Å². The highest BCUT2D eigenvalue weighted by Crippen LogP contribution is 2.16. The zero-order valence-electron chi connectivity index (χ0n) is 9.80. The van der Waals surface area contributed by atoms with E-state index >= 15 is 0 Å². The molecule has 1 rings (SSSR count). The van der Waals surface area contributed by atoms with Gasteiger partial charge in [0, 0.05) is 18.5 Å². The molecule has 0 amide bonds. The van der Waals surface area contributed by atoms with Gasteiger partial charge in [-0.15, -0.1) is 0 Å². The van der Waals surface area contributed by atoms with Crippen molar-refractivity contribution in [3.05, 3.63) is 35.6 Å². The SMILES string of the molecule is CN(CCC(=O)c1cccc(F)c1)CC(F)(F)F. The summed E-state index contributed by atoms with van der Waals surface area (Å²) in [6.45, 7) is -1.09. The largest absolute Gasteiger partial charge is 0.401 e. The van der Waals surface area contributed by atoms with E-state index in [4.69, 9.17) is 0 Å². The van der Waals surface area contributed by atoms with Crippen molar-refractivity contribution in [3.8, 4) is 0 Å². The number of halogens is 4. The average molecular weight is 263 g/mol. The quantitative estimate of drug-likeness (QED) is 0.601. The highest BCUT2D eigenvalue weighted by atomic mass is 19.4. The normalized spacial score (nSPS) is 11.9. The third-order valence-corrected chi connectivity index (χ3v) is 2.32. The van der Waals surface area contributed by atoms with Crippen molar-refractivity contribution in [2.45, 2.75) is 12.6 Å². The van der Waals surface area contributed by atoms with E-state index in [0.29, 0.717) is 0 Å². The molecule has 0 saturated carbocycles. The molecule has 1 aromatic carbocycles. The van der Waals surface area contributed by atoms with Gasteiger partial charge in [-0.25, -0.2) is 4.39 Å². The van der Waals surface area contributed by atoms with Gasteiger partial charge in [0.1, 0.15) is 5.82 Å². The van der Waals surface area contributed by atoms with Gasteiger partial charge in [-0.05, 0) is 19.2 Å². The van der Waals surface area contributed by atoms with Crippen molar-refractivity contribution in [2.24, 2.45) is 0 Å². The molecule has 0 fully saturated rings. The first kappa shape index (κ1) is 14.6. The maximum Gasteiger partial charge on any atom is 0.401 e. The van der Waals surface area contributed by atoms with Crippen molar-refractivity contribution in [3.63, 3.8) is 0 Å². The van der Waals surface area contributed by atoms with Gasteiger partial charge < -0.3 is 0 Å². The molecule has 0 radical (unpaired) electrons. The van der Waals surface area contributed by atoms with E-state index in [1.807, 2.05) is 0 Å². The summed E-state index contributed by atoms with van der Waals surface area (Å²) in [5.74, 6) is -0.909. The van der Waals surface area contributed by atoms with Gasteiger partial charge in [-0.2, -0.15) is 13.2 Å². The van der Waals surface area contributed by atoms with E-state index in [2.05, 4.69) is 0 Å². The first-order valence-electron chi connectivity index (χ1n) is 5.32. The summed E-state index contributed by atoms with van der Waals surface area (Å²) in [5, 5.41) is 0. The minimum atomic E-state index is -4.28. The number of hydrogen-bond donors (Lipinski definition) is 0. The number of ketones is 1. The molecule has 0 aromatic heterocycles. The first-order valence-corrected chi connectivity index (χ1v) is 5.32. The molecule has 0 unspecified atom stereocenters. The lowest BCUT2D eigenvalue weighted by Crippen LogP contribution is -2.32. The summed E-state index contributed by atoms with van der Waals surface area (Å²) in [7, 11) is 1.28. The van der Waals surface area contributed by atoms with Crippen LogP contribution in [0.3, 0.4) is 0 Å².